The molecule has 2 aliphatic heterocycles. The average molecular weight is 431 g/mol. The predicted octanol–water partition coefficient (Wildman–Crippen LogP) is 5.21. The van der Waals surface area contributed by atoms with Gasteiger partial charge in [0.05, 0.1) is 19.8 Å². The number of hydrogen-bond acceptors (Lipinski definition) is 5. The summed E-state index contributed by atoms with van der Waals surface area (Å²) >= 11 is 0. The van der Waals surface area contributed by atoms with E-state index in [1.807, 2.05) is 60.7 Å². The lowest BCUT2D eigenvalue weighted by atomic mass is 10.0. The summed E-state index contributed by atoms with van der Waals surface area (Å²) in [6, 6.07) is 26.2. The molecule has 3 aromatic carbocycles. The third-order valence-electron chi connectivity index (χ3n) is 5.57. The van der Waals surface area contributed by atoms with Crippen LogP contribution in [-0.2, 0) is 27.4 Å². The van der Waals surface area contributed by atoms with E-state index in [1.165, 1.54) is 0 Å². The van der Waals surface area contributed by atoms with Crippen LogP contribution in [0.2, 0.25) is 0 Å². The normalized spacial score (nSPS) is 21.6. The van der Waals surface area contributed by atoms with Crippen LogP contribution in [-0.4, -0.2) is 25.6 Å². The van der Waals surface area contributed by atoms with Gasteiger partial charge in [0.15, 0.2) is 11.5 Å². The summed E-state index contributed by atoms with van der Waals surface area (Å²) in [5.74, 6) is 1.51. The van der Waals surface area contributed by atoms with E-state index in [0.29, 0.717) is 19.8 Å². The van der Waals surface area contributed by atoms with E-state index in [-0.39, 0.29) is 25.1 Å². The van der Waals surface area contributed by atoms with Crippen molar-refractivity contribution in [1.29, 1.82) is 0 Å². The van der Waals surface area contributed by atoms with Gasteiger partial charge in [-0.25, -0.2) is 0 Å². The Morgan fingerprint density at radius 3 is 2.25 bits per heavy atom. The second kappa shape index (κ2) is 10.0. The van der Waals surface area contributed by atoms with Crippen molar-refractivity contribution in [3.8, 4) is 11.5 Å². The van der Waals surface area contributed by atoms with Crippen molar-refractivity contribution >= 4 is 0 Å². The fraction of sp³-hybridized carbons (Fsp3) is 0.259. The number of hydrogen-bond donors (Lipinski definition) is 0. The van der Waals surface area contributed by atoms with Crippen LogP contribution >= 0.6 is 0 Å². The van der Waals surface area contributed by atoms with Gasteiger partial charge in [-0.1, -0.05) is 78.9 Å². The van der Waals surface area contributed by atoms with E-state index in [9.17, 15) is 0 Å². The van der Waals surface area contributed by atoms with Gasteiger partial charge in [-0.05, 0) is 28.8 Å². The first kappa shape index (κ1) is 20.8. The molecule has 0 spiro atoms. The zero-order valence-electron chi connectivity index (χ0n) is 17.8. The van der Waals surface area contributed by atoms with Crippen molar-refractivity contribution in [2.24, 2.45) is 0 Å². The molecule has 0 fully saturated rings. The van der Waals surface area contributed by atoms with Gasteiger partial charge in [0, 0.05) is 0 Å². The molecule has 5 rings (SSSR count). The molecule has 0 saturated carbocycles. The van der Waals surface area contributed by atoms with Crippen LogP contribution in [0.4, 0.5) is 0 Å². The van der Waals surface area contributed by atoms with Crippen molar-refractivity contribution in [3.05, 3.63) is 108 Å². The molecule has 0 unspecified atom stereocenters. The van der Waals surface area contributed by atoms with Gasteiger partial charge in [-0.2, -0.15) is 0 Å². The summed E-state index contributed by atoms with van der Waals surface area (Å²) < 4.78 is 29.6. The van der Waals surface area contributed by atoms with E-state index in [0.717, 1.165) is 28.2 Å². The van der Waals surface area contributed by atoms with E-state index in [1.54, 1.807) is 0 Å². The molecule has 0 radical (unpaired) electrons. The maximum Gasteiger partial charge on any atom is 0.231 e. The quantitative estimate of drug-likeness (QED) is 0.459. The van der Waals surface area contributed by atoms with Gasteiger partial charge in [-0.15, -0.1) is 0 Å². The molecule has 3 aromatic rings. The number of rotatable bonds is 8. The number of ether oxygens (including phenoxy) is 5. The molecular weight excluding hydrogens is 404 g/mol. The molecule has 0 saturated heterocycles. The van der Waals surface area contributed by atoms with E-state index in [2.05, 4.69) is 30.3 Å². The van der Waals surface area contributed by atoms with Crippen LogP contribution in [0.5, 0.6) is 11.5 Å². The highest BCUT2D eigenvalue weighted by Gasteiger charge is 2.30. The molecule has 164 valence electrons. The second-order valence-electron chi connectivity index (χ2n) is 7.85. The highest BCUT2D eigenvalue weighted by atomic mass is 16.7. The number of benzene rings is 3. The Labute approximate surface area is 188 Å². The van der Waals surface area contributed by atoms with Crippen LogP contribution in [0.15, 0.2) is 91.0 Å². The highest BCUT2D eigenvalue weighted by molar-refractivity contribution is 5.45. The lowest BCUT2D eigenvalue weighted by molar-refractivity contribution is -0.120. The maximum atomic E-state index is 6.44. The van der Waals surface area contributed by atoms with Crippen molar-refractivity contribution in [2.45, 2.75) is 31.5 Å². The number of fused-ring (bicyclic) bond motifs is 1. The van der Waals surface area contributed by atoms with Gasteiger partial charge in [0.25, 0.3) is 0 Å². The Morgan fingerprint density at radius 1 is 0.750 bits per heavy atom. The third kappa shape index (κ3) is 5.02. The first-order valence-corrected chi connectivity index (χ1v) is 10.9. The van der Waals surface area contributed by atoms with Crippen LogP contribution in [0.1, 0.15) is 22.8 Å². The molecule has 0 N–H and O–H groups in total. The molecule has 5 heteroatoms. The maximum absolute atomic E-state index is 6.44. The zero-order valence-corrected chi connectivity index (χ0v) is 17.8. The Bertz CT molecular complexity index is 1030. The SMILES string of the molecule is C1=C[C@H](c2ccc3c(c2)OCO3)O[C@H](COCc2ccccc2)[C@H]1OCc1ccccc1. The van der Waals surface area contributed by atoms with E-state index in [4.69, 9.17) is 23.7 Å². The summed E-state index contributed by atoms with van der Waals surface area (Å²) in [6.07, 6.45) is 3.49. The minimum Gasteiger partial charge on any atom is -0.454 e. The Morgan fingerprint density at radius 2 is 1.47 bits per heavy atom. The van der Waals surface area contributed by atoms with Crippen molar-refractivity contribution in [2.75, 3.05) is 13.4 Å². The first-order valence-electron chi connectivity index (χ1n) is 10.9. The van der Waals surface area contributed by atoms with Crippen molar-refractivity contribution in [1.82, 2.24) is 0 Å². The fourth-order valence-corrected chi connectivity index (χ4v) is 3.86. The molecule has 0 amide bonds. The Kier molecular flexibility index (Phi) is 6.49. The first-order chi connectivity index (χ1) is 15.8. The molecule has 2 aliphatic rings. The third-order valence-corrected chi connectivity index (χ3v) is 5.57. The smallest absolute Gasteiger partial charge is 0.231 e. The molecule has 3 atom stereocenters. The minimum atomic E-state index is -0.233. The van der Waals surface area contributed by atoms with E-state index < -0.39 is 0 Å². The summed E-state index contributed by atoms with van der Waals surface area (Å²) in [5.41, 5.74) is 3.27. The molecule has 2 heterocycles. The van der Waals surface area contributed by atoms with Crippen molar-refractivity contribution < 1.29 is 23.7 Å². The molecule has 0 aliphatic carbocycles. The van der Waals surface area contributed by atoms with Gasteiger partial charge >= 0.3 is 0 Å². The topological polar surface area (TPSA) is 46.2 Å². The standard InChI is InChI=1S/C27H26O5/c1-3-7-20(8-4-1)16-28-18-27-25(29-17-21-9-5-2-6-10-21)14-13-23(32-27)22-11-12-24-26(15-22)31-19-30-24/h1-15,23,25,27H,16-19H2/t23-,25+,27-/m1/s1. The van der Waals surface area contributed by atoms with E-state index >= 15 is 0 Å². The zero-order chi connectivity index (χ0) is 21.6. The van der Waals surface area contributed by atoms with Crippen LogP contribution in [0, 0.1) is 0 Å². The van der Waals surface area contributed by atoms with Gasteiger partial charge in [0.1, 0.15) is 18.3 Å². The molecular formula is C27H26O5. The lowest BCUT2D eigenvalue weighted by Gasteiger charge is -2.32. The monoisotopic (exact) mass is 430 g/mol. The average Bonchev–Trinajstić information content (AvgIpc) is 3.32. The second-order valence-corrected chi connectivity index (χ2v) is 7.85. The fourth-order valence-electron chi connectivity index (χ4n) is 3.86. The minimum absolute atomic E-state index is 0.198. The Hall–Kier alpha value is -3.12. The van der Waals surface area contributed by atoms with Crippen LogP contribution in [0.25, 0.3) is 0 Å². The van der Waals surface area contributed by atoms with Gasteiger partial charge in [0.2, 0.25) is 6.79 Å². The van der Waals surface area contributed by atoms with Gasteiger partial charge < -0.3 is 23.7 Å². The van der Waals surface area contributed by atoms with Crippen LogP contribution < -0.4 is 9.47 Å². The lowest BCUT2D eigenvalue weighted by Crippen LogP contribution is -2.38. The summed E-state index contributed by atoms with van der Waals surface area (Å²) in [7, 11) is 0. The highest BCUT2D eigenvalue weighted by Crippen LogP contribution is 2.37. The largest absolute Gasteiger partial charge is 0.454 e. The van der Waals surface area contributed by atoms with Crippen LogP contribution in [0.3, 0.4) is 0 Å². The van der Waals surface area contributed by atoms with Crippen molar-refractivity contribution in [3.63, 3.8) is 0 Å². The molecule has 5 nitrogen and oxygen atoms in total. The summed E-state index contributed by atoms with van der Waals surface area (Å²) in [5, 5.41) is 0. The summed E-state index contributed by atoms with van der Waals surface area (Å²) in [6.45, 7) is 1.73. The predicted molar refractivity (Wildman–Crippen MR) is 120 cm³/mol. The molecule has 0 bridgehead atoms. The molecule has 32 heavy (non-hydrogen) atoms. The summed E-state index contributed by atoms with van der Waals surface area (Å²) in [4.78, 5) is 0. The van der Waals surface area contributed by atoms with Gasteiger partial charge in [-0.3, -0.25) is 0 Å². The Balaban J connectivity index is 1.28. The molecule has 0 aromatic heterocycles.